The van der Waals surface area contributed by atoms with Crippen LogP contribution in [-0.2, 0) is 0 Å². The molecular weight excluding hydrogens is 280 g/mol. The third-order valence-electron chi connectivity index (χ3n) is 3.06. The SMILES string of the molecule is Cc1c(C(=O)O)ccc(-c2ccc(Cl)cc2)c1C(=O)O. The van der Waals surface area contributed by atoms with E-state index in [0.717, 1.165) is 0 Å². The Balaban J connectivity index is 2.71. The minimum absolute atomic E-state index is 0.00720. The molecule has 2 N–H and O–H groups in total. The first kappa shape index (κ1) is 14.1. The zero-order valence-corrected chi connectivity index (χ0v) is 11.3. The summed E-state index contributed by atoms with van der Waals surface area (Å²) in [6.07, 6.45) is 0. The molecule has 4 nitrogen and oxygen atoms in total. The quantitative estimate of drug-likeness (QED) is 0.903. The molecule has 0 aliphatic rings. The van der Waals surface area contributed by atoms with Gasteiger partial charge in [-0.05, 0) is 41.8 Å². The van der Waals surface area contributed by atoms with E-state index in [9.17, 15) is 14.7 Å². The number of rotatable bonds is 3. The summed E-state index contributed by atoms with van der Waals surface area (Å²) in [6.45, 7) is 1.49. The normalized spacial score (nSPS) is 10.3. The number of carbonyl (C=O) groups is 2. The molecule has 2 aromatic rings. The monoisotopic (exact) mass is 290 g/mol. The Kier molecular flexibility index (Phi) is 3.77. The van der Waals surface area contributed by atoms with Gasteiger partial charge in [0, 0.05) is 5.02 Å². The molecule has 5 heteroatoms. The summed E-state index contributed by atoms with van der Waals surface area (Å²) < 4.78 is 0. The van der Waals surface area contributed by atoms with Crippen molar-refractivity contribution >= 4 is 23.5 Å². The van der Waals surface area contributed by atoms with Gasteiger partial charge in [0.2, 0.25) is 0 Å². The lowest BCUT2D eigenvalue weighted by Crippen LogP contribution is -2.09. The number of aromatic carboxylic acids is 2. The summed E-state index contributed by atoms with van der Waals surface area (Å²) in [5, 5.41) is 19.0. The Morgan fingerprint density at radius 2 is 1.55 bits per heavy atom. The van der Waals surface area contributed by atoms with Crippen molar-refractivity contribution in [3.8, 4) is 11.1 Å². The fourth-order valence-corrected chi connectivity index (χ4v) is 2.21. The van der Waals surface area contributed by atoms with Crippen molar-refractivity contribution in [2.75, 3.05) is 0 Å². The summed E-state index contributed by atoms with van der Waals surface area (Å²) in [5.41, 5.74) is 1.35. The highest BCUT2D eigenvalue weighted by molar-refractivity contribution is 6.30. The molecule has 0 spiro atoms. The number of halogens is 1. The van der Waals surface area contributed by atoms with E-state index in [-0.39, 0.29) is 16.7 Å². The molecule has 0 aliphatic heterocycles. The van der Waals surface area contributed by atoms with Gasteiger partial charge in [-0.15, -0.1) is 0 Å². The third kappa shape index (κ3) is 2.51. The van der Waals surface area contributed by atoms with Gasteiger partial charge in [-0.3, -0.25) is 0 Å². The van der Waals surface area contributed by atoms with Crippen LogP contribution in [0, 0.1) is 6.92 Å². The van der Waals surface area contributed by atoms with Gasteiger partial charge in [-0.1, -0.05) is 29.8 Å². The topological polar surface area (TPSA) is 74.6 Å². The highest BCUT2D eigenvalue weighted by Crippen LogP contribution is 2.29. The molecule has 102 valence electrons. The van der Waals surface area contributed by atoms with E-state index >= 15 is 0 Å². The highest BCUT2D eigenvalue weighted by atomic mass is 35.5. The van der Waals surface area contributed by atoms with Crippen LogP contribution in [0.1, 0.15) is 26.3 Å². The largest absolute Gasteiger partial charge is 0.478 e. The maximum absolute atomic E-state index is 11.4. The second-order valence-electron chi connectivity index (χ2n) is 4.28. The second-order valence-corrected chi connectivity index (χ2v) is 4.71. The maximum atomic E-state index is 11.4. The fraction of sp³-hybridized carbons (Fsp3) is 0.0667. The maximum Gasteiger partial charge on any atom is 0.336 e. The lowest BCUT2D eigenvalue weighted by molar-refractivity contribution is 0.0696. The minimum Gasteiger partial charge on any atom is -0.478 e. The van der Waals surface area contributed by atoms with E-state index in [0.29, 0.717) is 16.1 Å². The molecule has 2 rings (SSSR count). The van der Waals surface area contributed by atoms with Crippen LogP contribution in [0.3, 0.4) is 0 Å². The van der Waals surface area contributed by atoms with Crippen molar-refractivity contribution in [2.24, 2.45) is 0 Å². The van der Waals surface area contributed by atoms with Gasteiger partial charge >= 0.3 is 11.9 Å². The lowest BCUT2D eigenvalue weighted by atomic mass is 9.92. The third-order valence-corrected chi connectivity index (χ3v) is 3.32. The molecule has 0 heterocycles. The van der Waals surface area contributed by atoms with Crippen molar-refractivity contribution in [3.05, 3.63) is 58.1 Å². The number of carboxylic acid groups (broad SMARTS) is 2. The second kappa shape index (κ2) is 5.35. The Bertz CT molecular complexity index is 690. The van der Waals surface area contributed by atoms with Gasteiger partial charge in [0.25, 0.3) is 0 Å². The molecule has 0 aromatic heterocycles. The number of benzene rings is 2. The Morgan fingerprint density at radius 1 is 0.950 bits per heavy atom. The van der Waals surface area contributed by atoms with Gasteiger partial charge in [-0.25, -0.2) is 9.59 Å². The zero-order valence-electron chi connectivity index (χ0n) is 10.6. The standard InChI is InChI=1S/C15H11ClO4/c1-8-11(14(17)18)6-7-12(13(8)15(19)20)9-2-4-10(16)5-3-9/h2-7H,1H3,(H,17,18)(H,19,20). The van der Waals surface area contributed by atoms with Crippen LogP contribution in [0.15, 0.2) is 36.4 Å². The predicted molar refractivity (Wildman–Crippen MR) is 75.5 cm³/mol. The minimum atomic E-state index is -1.16. The van der Waals surface area contributed by atoms with Crippen LogP contribution >= 0.6 is 11.6 Å². The Labute approximate surface area is 120 Å². The van der Waals surface area contributed by atoms with E-state index in [1.54, 1.807) is 24.3 Å². The Morgan fingerprint density at radius 3 is 2.05 bits per heavy atom. The first-order valence-corrected chi connectivity index (χ1v) is 6.15. The molecule has 0 radical (unpaired) electrons. The molecule has 0 unspecified atom stereocenters. The fourth-order valence-electron chi connectivity index (χ4n) is 2.09. The average Bonchev–Trinajstić information content (AvgIpc) is 2.38. The van der Waals surface area contributed by atoms with Gasteiger partial charge < -0.3 is 10.2 Å². The molecule has 2 aromatic carbocycles. The van der Waals surface area contributed by atoms with Gasteiger partial charge in [0.15, 0.2) is 0 Å². The van der Waals surface area contributed by atoms with Crippen LogP contribution in [0.2, 0.25) is 5.02 Å². The molecule has 0 saturated heterocycles. The number of hydrogen-bond acceptors (Lipinski definition) is 2. The van der Waals surface area contributed by atoms with Crippen molar-refractivity contribution < 1.29 is 19.8 Å². The molecule has 0 fully saturated rings. The van der Waals surface area contributed by atoms with E-state index in [2.05, 4.69) is 0 Å². The number of carboxylic acids is 2. The van der Waals surface area contributed by atoms with Crippen molar-refractivity contribution in [3.63, 3.8) is 0 Å². The molecule has 0 atom stereocenters. The van der Waals surface area contributed by atoms with Crippen LogP contribution in [-0.4, -0.2) is 22.2 Å². The molecule has 0 bridgehead atoms. The first-order valence-electron chi connectivity index (χ1n) is 5.78. The van der Waals surface area contributed by atoms with Crippen LogP contribution in [0.5, 0.6) is 0 Å². The summed E-state index contributed by atoms with van der Waals surface area (Å²) in [5.74, 6) is -2.30. The van der Waals surface area contributed by atoms with E-state index in [1.807, 2.05) is 0 Å². The molecule has 0 aliphatic carbocycles. The average molecular weight is 291 g/mol. The van der Waals surface area contributed by atoms with Crippen LogP contribution in [0.4, 0.5) is 0 Å². The number of hydrogen-bond donors (Lipinski definition) is 2. The summed E-state index contributed by atoms with van der Waals surface area (Å²) >= 11 is 5.81. The van der Waals surface area contributed by atoms with Crippen LogP contribution in [0.25, 0.3) is 11.1 Å². The molecule has 0 saturated carbocycles. The molecular formula is C15H11ClO4. The van der Waals surface area contributed by atoms with Gasteiger partial charge in [0.1, 0.15) is 0 Å². The van der Waals surface area contributed by atoms with Gasteiger partial charge in [0.05, 0.1) is 11.1 Å². The van der Waals surface area contributed by atoms with E-state index in [1.165, 1.54) is 19.1 Å². The van der Waals surface area contributed by atoms with Crippen molar-refractivity contribution in [1.29, 1.82) is 0 Å². The summed E-state index contributed by atoms with van der Waals surface area (Å²) in [7, 11) is 0. The predicted octanol–water partition coefficient (Wildman–Crippen LogP) is 3.71. The smallest absolute Gasteiger partial charge is 0.336 e. The van der Waals surface area contributed by atoms with E-state index in [4.69, 9.17) is 16.7 Å². The highest BCUT2D eigenvalue weighted by Gasteiger charge is 2.20. The van der Waals surface area contributed by atoms with Crippen LogP contribution < -0.4 is 0 Å². The molecule has 0 amide bonds. The molecule has 20 heavy (non-hydrogen) atoms. The van der Waals surface area contributed by atoms with Crippen molar-refractivity contribution in [1.82, 2.24) is 0 Å². The Hall–Kier alpha value is -2.33. The van der Waals surface area contributed by atoms with Gasteiger partial charge in [-0.2, -0.15) is 0 Å². The van der Waals surface area contributed by atoms with E-state index < -0.39 is 11.9 Å². The zero-order chi connectivity index (χ0) is 14.9. The first-order chi connectivity index (χ1) is 9.41. The van der Waals surface area contributed by atoms with Crippen molar-refractivity contribution in [2.45, 2.75) is 6.92 Å². The lowest BCUT2D eigenvalue weighted by Gasteiger charge is -2.11. The summed E-state index contributed by atoms with van der Waals surface area (Å²) in [6, 6.07) is 9.62. The summed E-state index contributed by atoms with van der Waals surface area (Å²) in [4.78, 5) is 22.5.